The number of nitrogens with one attached hydrogen (secondary N) is 1. The molecule has 1 rings (SSSR count). The lowest BCUT2D eigenvalue weighted by molar-refractivity contribution is -0.118. The van der Waals surface area contributed by atoms with Gasteiger partial charge in [-0.3, -0.25) is 9.59 Å². The molecule has 0 fully saturated rings. The number of carbonyl (C=O) groups excluding carboxylic acids is 2. The predicted octanol–water partition coefficient (Wildman–Crippen LogP) is 2.09. The largest absolute Gasteiger partial charge is 0.345 e. The molecule has 0 bridgehead atoms. The lowest BCUT2D eigenvalue weighted by atomic mass is 10.0. The molecule has 0 aliphatic carbocycles. The highest BCUT2D eigenvalue weighted by atomic mass is 16.2. The summed E-state index contributed by atoms with van der Waals surface area (Å²) >= 11 is 0. The number of benzene rings is 1. The average molecular weight is 219 g/mol. The Morgan fingerprint density at radius 1 is 1.12 bits per heavy atom. The van der Waals surface area contributed by atoms with Gasteiger partial charge in [-0.1, -0.05) is 24.3 Å². The minimum atomic E-state index is -0.554. The van der Waals surface area contributed by atoms with Gasteiger partial charge >= 0.3 is 0 Å². The molecule has 0 aliphatic heterocycles. The summed E-state index contributed by atoms with van der Waals surface area (Å²) < 4.78 is 0. The van der Waals surface area contributed by atoms with Crippen molar-refractivity contribution in [3.8, 4) is 0 Å². The predicted molar refractivity (Wildman–Crippen MR) is 63.4 cm³/mol. The first-order valence-electron chi connectivity index (χ1n) is 5.24. The zero-order chi connectivity index (χ0) is 12.3. The number of rotatable bonds is 2. The van der Waals surface area contributed by atoms with Crippen molar-refractivity contribution in [1.29, 1.82) is 0 Å². The van der Waals surface area contributed by atoms with Gasteiger partial charge in [0.25, 0.3) is 5.91 Å². The first-order valence-corrected chi connectivity index (χ1v) is 5.24. The Hall–Kier alpha value is -1.64. The van der Waals surface area contributed by atoms with Crippen LogP contribution >= 0.6 is 0 Å². The summed E-state index contributed by atoms with van der Waals surface area (Å²) in [5, 5.41) is 2.66. The fraction of sp³-hybridized carbons (Fsp3) is 0.385. The normalized spacial score (nSPS) is 11.0. The molecule has 0 radical (unpaired) electrons. The highest BCUT2D eigenvalue weighted by molar-refractivity contribution is 6.43. The standard InChI is InChI=1S/C13H17NO2/c1-9-7-5-6-8-10(9)11(15)12(16)14-13(2,3)4/h5-8H,1-4H3,(H,14,16). The van der Waals surface area contributed by atoms with Gasteiger partial charge in [-0.2, -0.15) is 0 Å². The van der Waals surface area contributed by atoms with E-state index in [4.69, 9.17) is 0 Å². The zero-order valence-corrected chi connectivity index (χ0v) is 10.1. The molecule has 1 amide bonds. The van der Waals surface area contributed by atoms with Crippen LogP contribution in [0, 0.1) is 6.92 Å². The maximum atomic E-state index is 11.8. The van der Waals surface area contributed by atoms with Gasteiger partial charge in [0.05, 0.1) is 0 Å². The van der Waals surface area contributed by atoms with Gasteiger partial charge in [0.15, 0.2) is 0 Å². The van der Waals surface area contributed by atoms with E-state index in [0.717, 1.165) is 5.56 Å². The van der Waals surface area contributed by atoms with Crippen LogP contribution in [0.15, 0.2) is 24.3 Å². The van der Waals surface area contributed by atoms with E-state index in [1.807, 2.05) is 39.8 Å². The molecule has 3 heteroatoms. The Bertz CT molecular complexity index is 416. The summed E-state index contributed by atoms with van der Waals surface area (Å²) in [4.78, 5) is 23.5. The Morgan fingerprint density at radius 3 is 2.19 bits per heavy atom. The molecule has 1 N–H and O–H groups in total. The van der Waals surface area contributed by atoms with E-state index < -0.39 is 17.2 Å². The third-order valence-electron chi connectivity index (χ3n) is 2.08. The lowest BCUT2D eigenvalue weighted by Gasteiger charge is -2.20. The van der Waals surface area contributed by atoms with Crippen molar-refractivity contribution in [2.45, 2.75) is 33.2 Å². The molecular formula is C13H17NO2. The van der Waals surface area contributed by atoms with Crippen molar-refractivity contribution in [3.63, 3.8) is 0 Å². The van der Waals surface area contributed by atoms with Gasteiger partial charge in [-0.05, 0) is 33.3 Å². The summed E-state index contributed by atoms with van der Waals surface area (Å²) in [6.45, 7) is 7.35. The van der Waals surface area contributed by atoms with Crippen molar-refractivity contribution >= 4 is 11.7 Å². The van der Waals surface area contributed by atoms with E-state index in [1.54, 1.807) is 12.1 Å². The zero-order valence-electron chi connectivity index (χ0n) is 10.1. The molecule has 0 atom stereocenters. The van der Waals surface area contributed by atoms with E-state index in [0.29, 0.717) is 5.56 Å². The summed E-state index contributed by atoms with van der Waals surface area (Å²) in [6.07, 6.45) is 0. The van der Waals surface area contributed by atoms with E-state index >= 15 is 0 Å². The van der Waals surface area contributed by atoms with Gasteiger partial charge in [0.1, 0.15) is 0 Å². The highest BCUT2D eigenvalue weighted by Crippen LogP contribution is 2.09. The third-order valence-corrected chi connectivity index (χ3v) is 2.08. The molecule has 0 aromatic heterocycles. The molecule has 86 valence electrons. The summed E-state index contributed by atoms with van der Waals surface area (Å²) in [5.74, 6) is -1.03. The van der Waals surface area contributed by atoms with Crippen LogP contribution in [-0.2, 0) is 4.79 Å². The van der Waals surface area contributed by atoms with E-state index in [9.17, 15) is 9.59 Å². The monoisotopic (exact) mass is 219 g/mol. The van der Waals surface area contributed by atoms with Crippen LogP contribution < -0.4 is 5.32 Å². The van der Waals surface area contributed by atoms with Gasteiger partial charge < -0.3 is 5.32 Å². The minimum Gasteiger partial charge on any atom is -0.345 e. The molecule has 1 aromatic carbocycles. The SMILES string of the molecule is Cc1ccccc1C(=O)C(=O)NC(C)(C)C. The summed E-state index contributed by atoms with van der Waals surface area (Å²) in [7, 11) is 0. The second-order valence-electron chi connectivity index (χ2n) is 4.85. The average Bonchev–Trinajstić information content (AvgIpc) is 2.15. The number of hydrogen-bond donors (Lipinski definition) is 1. The minimum absolute atomic E-state index is 0.393. The summed E-state index contributed by atoms with van der Waals surface area (Å²) in [5.41, 5.74) is 0.885. The molecule has 0 spiro atoms. The number of aryl methyl sites for hydroxylation is 1. The van der Waals surface area contributed by atoms with Crippen LogP contribution in [-0.4, -0.2) is 17.2 Å². The van der Waals surface area contributed by atoms with Crippen LogP contribution in [0.4, 0.5) is 0 Å². The van der Waals surface area contributed by atoms with Crippen LogP contribution in [0.5, 0.6) is 0 Å². The fourth-order valence-corrected chi connectivity index (χ4v) is 1.35. The van der Waals surface area contributed by atoms with Crippen molar-refractivity contribution in [2.24, 2.45) is 0 Å². The Labute approximate surface area is 95.9 Å². The van der Waals surface area contributed by atoms with Crippen molar-refractivity contribution < 1.29 is 9.59 Å². The van der Waals surface area contributed by atoms with E-state index in [-0.39, 0.29) is 0 Å². The van der Waals surface area contributed by atoms with Crippen molar-refractivity contribution in [3.05, 3.63) is 35.4 Å². The van der Waals surface area contributed by atoms with Crippen LogP contribution in [0.25, 0.3) is 0 Å². The van der Waals surface area contributed by atoms with Crippen molar-refractivity contribution in [2.75, 3.05) is 0 Å². The van der Waals surface area contributed by atoms with Crippen LogP contribution in [0.1, 0.15) is 36.7 Å². The number of ketones is 1. The number of amides is 1. The molecule has 16 heavy (non-hydrogen) atoms. The number of hydrogen-bond acceptors (Lipinski definition) is 2. The fourth-order valence-electron chi connectivity index (χ4n) is 1.35. The van der Waals surface area contributed by atoms with Gasteiger partial charge in [0.2, 0.25) is 5.78 Å². The molecular weight excluding hydrogens is 202 g/mol. The van der Waals surface area contributed by atoms with Gasteiger partial charge in [-0.25, -0.2) is 0 Å². The quantitative estimate of drug-likeness (QED) is 0.611. The maximum Gasteiger partial charge on any atom is 0.292 e. The van der Waals surface area contributed by atoms with Crippen LogP contribution in [0.2, 0.25) is 0 Å². The molecule has 1 aromatic rings. The van der Waals surface area contributed by atoms with Gasteiger partial charge in [0, 0.05) is 11.1 Å². The number of Topliss-reactive ketones (excluding diaryl/α,β-unsaturated/α-hetero) is 1. The summed E-state index contributed by atoms with van der Waals surface area (Å²) in [6, 6.07) is 7.08. The van der Waals surface area contributed by atoms with Gasteiger partial charge in [-0.15, -0.1) is 0 Å². The Morgan fingerprint density at radius 2 is 1.69 bits per heavy atom. The second-order valence-corrected chi connectivity index (χ2v) is 4.85. The molecule has 0 heterocycles. The second kappa shape index (κ2) is 4.47. The molecule has 0 aliphatic rings. The number of carbonyl (C=O) groups is 2. The molecule has 0 unspecified atom stereocenters. The van der Waals surface area contributed by atoms with E-state index in [2.05, 4.69) is 5.32 Å². The smallest absolute Gasteiger partial charge is 0.292 e. The van der Waals surface area contributed by atoms with Crippen molar-refractivity contribution in [1.82, 2.24) is 5.32 Å². The third kappa shape index (κ3) is 3.19. The Balaban J connectivity index is 2.88. The lowest BCUT2D eigenvalue weighted by Crippen LogP contribution is -2.44. The Kier molecular flexibility index (Phi) is 3.48. The molecule has 0 saturated carbocycles. The first kappa shape index (κ1) is 12.4. The molecule has 3 nitrogen and oxygen atoms in total. The first-order chi connectivity index (χ1) is 7.31. The van der Waals surface area contributed by atoms with Crippen LogP contribution in [0.3, 0.4) is 0 Å². The maximum absolute atomic E-state index is 11.8. The molecule has 0 saturated heterocycles. The van der Waals surface area contributed by atoms with E-state index in [1.165, 1.54) is 0 Å². The highest BCUT2D eigenvalue weighted by Gasteiger charge is 2.22. The topological polar surface area (TPSA) is 46.2 Å².